The SMILES string of the molecule is c1ccc(C2(c3ccc(N(c4ccc(-c5ccc(-n6c7ccccc7c7ccccc76)cc5)cc4)c4ccc5ccccc5c4)cc3)c3ccccc3-c3ccccc32)cc1. The first-order valence-corrected chi connectivity index (χ1v) is 21.1. The summed E-state index contributed by atoms with van der Waals surface area (Å²) in [6, 6.07) is 88.9. The van der Waals surface area contributed by atoms with Crippen molar-refractivity contribution in [1.82, 2.24) is 4.57 Å². The van der Waals surface area contributed by atoms with Gasteiger partial charge in [-0.25, -0.2) is 0 Å². The van der Waals surface area contributed by atoms with Gasteiger partial charge < -0.3 is 9.47 Å². The van der Waals surface area contributed by atoms with E-state index in [-0.39, 0.29) is 0 Å². The highest BCUT2D eigenvalue weighted by molar-refractivity contribution is 6.09. The maximum Gasteiger partial charge on any atom is 0.0713 e. The van der Waals surface area contributed by atoms with Gasteiger partial charge in [0.25, 0.3) is 0 Å². The molecule has 2 heteroatoms. The molecule has 0 amide bonds. The summed E-state index contributed by atoms with van der Waals surface area (Å²) in [5.41, 5.74) is 16.6. The zero-order valence-corrected chi connectivity index (χ0v) is 33.5. The number of nitrogens with zero attached hydrogens (tertiary/aromatic N) is 2. The fourth-order valence-corrected chi connectivity index (χ4v) is 10.1. The summed E-state index contributed by atoms with van der Waals surface area (Å²) in [6.07, 6.45) is 0. The normalized spacial score (nSPS) is 12.7. The molecular weight excluding hydrogens is 737 g/mol. The average Bonchev–Trinajstić information content (AvgIpc) is 3.84. The fourth-order valence-electron chi connectivity index (χ4n) is 10.1. The molecule has 1 heterocycles. The summed E-state index contributed by atoms with van der Waals surface area (Å²) >= 11 is 0. The van der Waals surface area contributed by atoms with Crippen molar-refractivity contribution in [1.29, 1.82) is 0 Å². The predicted octanol–water partition coefficient (Wildman–Crippen LogP) is 15.4. The van der Waals surface area contributed by atoms with E-state index in [2.05, 4.69) is 252 Å². The van der Waals surface area contributed by atoms with Crippen molar-refractivity contribution in [3.63, 3.8) is 0 Å². The molecule has 12 rings (SSSR count). The Morgan fingerprint density at radius 1 is 0.328 bits per heavy atom. The second-order valence-electron chi connectivity index (χ2n) is 16.1. The number of aromatic nitrogens is 1. The average molecular weight is 777 g/mol. The van der Waals surface area contributed by atoms with Crippen LogP contribution in [0.1, 0.15) is 22.3 Å². The van der Waals surface area contributed by atoms with E-state index in [1.807, 2.05) is 0 Å². The van der Waals surface area contributed by atoms with Crippen LogP contribution < -0.4 is 4.90 Å². The molecule has 0 spiro atoms. The molecule has 11 aromatic rings. The van der Waals surface area contributed by atoms with E-state index in [4.69, 9.17) is 0 Å². The summed E-state index contributed by atoms with van der Waals surface area (Å²) in [5.74, 6) is 0. The van der Waals surface area contributed by atoms with Crippen LogP contribution in [-0.4, -0.2) is 4.57 Å². The van der Waals surface area contributed by atoms with Crippen molar-refractivity contribution in [2.45, 2.75) is 5.41 Å². The van der Waals surface area contributed by atoms with Gasteiger partial charge in [-0.2, -0.15) is 0 Å². The van der Waals surface area contributed by atoms with E-state index < -0.39 is 5.41 Å². The number of hydrogen-bond acceptors (Lipinski definition) is 1. The van der Waals surface area contributed by atoms with Gasteiger partial charge in [0.05, 0.1) is 16.4 Å². The van der Waals surface area contributed by atoms with E-state index in [1.54, 1.807) is 0 Å². The van der Waals surface area contributed by atoms with Gasteiger partial charge in [-0.1, -0.05) is 182 Å². The quantitative estimate of drug-likeness (QED) is 0.156. The Balaban J connectivity index is 0.947. The van der Waals surface area contributed by atoms with Gasteiger partial charge in [-0.15, -0.1) is 0 Å². The number of anilines is 3. The van der Waals surface area contributed by atoms with E-state index in [0.717, 1.165) is 22.7 Å². The Morgan fingerprint density at radius 2 is 0.787 bits per heavy atom. The summed E-state index contributed by atoms with van der Waals surface area (Å²) in [4.78, 5) is 2.39. The summed E-state index contributed by atoms with van der Waals surface area (Å²) in [6.45, 7) is 0. The van der Waals surface area contributed by atoms with Crippen molar-refractivity contribution >= 4 is 49.6 Å². The lowest BCUT2D eigenvalue weighted by Gasteiger charge is -2.34. The van der Waals surface area contributed by atoms with Gasteiger partial charge in [0.1, 0.15) is 0 Å². The Kier molecular flexibility index (Phi) is 8.11. The van der Waals surface area contributed by atoms with E-state index in [9.17, 15) is 0 Å². The molecule has 2 nitrogen and oxygen atoms in total. The molecule has 0 aliphatic heterocycles. The van der Waals surface area contributed by atoms with Crippen LogP contribution in [0.3, 0.4) is 0 Å². The Morgan fingerprint density at radius 3 is 1.41 bits per heavy atom. The third kappa shape index (κ3) is 5.50. The zero-order valence-electron chi connectivity index (χ0n) is 33.5. The van der Waals surface area contributed by atoms with Crippen LogP contribution >= 0.6 is 0 Å². The first kappa shape index (κ1) is 35.0. The predicted molar refractivity (Wildman–Crippen MR) is 256 cm³/mol. The van der Waals surface area contributed by atoms with Gasteiger partial charge in [0, 0.05) is 33.5 Å². The van der Waals surface area contributed by atoms with Crippen LogP contribution in [0.25, 0.3) is 60.5 Å². The number of para-hydroxylation sites is 2. The third-order valence-corrected chi connectivity index (χ3v) is 12.9. The van der Waals surface area contributed by atoms with Crippen molar-refractivity contribution in [3.8, 4) is 27.9 Å². The smallest absolute Gasteiger partial charge is 0.0713 e. The number of rotatable bonds is 7. The van der Waals surface area contributed by atoms with Crippen LogP contribution in [-0.2, 0) is 5.41 Å². The molecule has 0 atom stereocenters. The molecule has 10 aromatic carbocycles. The van der Waals surface area contributed by atoms with Crippen molar-refractivity contribution in [3.05, 3.63) is 265 Å². The molecule has 0 N–H and O–H groups in total. The van der Waals surface area contributed by atoms with Crippen LogP contribution in [0, 0.1) is 0 Å². The van der Waals surface area contributed by atoms with Crippen molar-refractivity contribution in [2.24, 2.45) is 0 Å². The molecule has 1 aliphatic rings. The van der Waals surface area contributed by atoms with Crippen LogP contribution in [0.15, 0.2) is 243 Å². The molecule has 0 unspecified atom stereocenters. The maximum absolute atomic E-state index is 2.39. The van der Waals surface area contributed by atoms with Crippen LogP contribution in [0.5, 0.6) is 0 Å². The maximum atomic E-state index is 2.39. The van der Waals surface area contributed by atoms with Gasteiger partial charge in [-0.05, 0) is 116 Å². The zero-order chi connectivity index (χ0) is 40.3. The minimum Gasteiger partial charge on any atom is -0.310 e. The Hall–Kier alpha value is -7.94. The molecule has 0 fully saturated rings. The second kappa shape index (κ2) is 14.1. The topological polar surface area (TPSA) is 8.17 Å². The van der Waals surface area contributed by atoms with Gasteiger partial charge in [0.15, 0.2) is 0 Å². The molecule has 0 saturated carbocycles. The molecule has 61 heavy (non-hydrogen) atoms. The van der Waals surface area contributed by atoms with Gasteiger partial charge >= 0.3 is 0 Å². The highest BCUT2D eigenvalue weighted by Crippen LogP contribution is 2.56. The Labute approximate surface area is 355 Å². The first-order chi connectivity index (χ1) is 30.3. The molecule has 0 bridgehead atoms. The van der Waals surface area contributed by atoms with Crippen molar-refractivity contribution in [2.75, 3.05) is 4.90 Å². The van der Waals surface area contributed by atoms with Gasteiger partial charge in [0.2, 0.25) is 0 Å². The monoisotopic (exact) mass is 776 g/mol. The lowest BCUT2D eigenvalue weighted by Crippen LogP contribution is -2.28. The molecular formula is C59H40N2. The number of fused-ring (bicyclic) bond motifs is 7. The Bertz CT molecular complexity index is 3300. The lowest BCUT2D eigenvalue weighted by atomic mass is 9.68. The largest absolute Gasteiger partial charge is 0.310 e. The van der Waals surface area contributed by atoms with E-state index in [0.29, 0.717) is 0 Å². The third-order valence-electron chi connectivity index (χ3n) is 12.9. The number of benzene rings is 10. The first-order valence-electron chi connectivity index (χ1n) is 21.1. The molecule has 1 aliphatic carbocycles. The number of hydrogen-bond donors (Lipinski definition) is 0. The van der Waals surface area contributed by atoms with Crippen molar-refractivity contribution < 1.29 is 0 Å². The fraction of sp³-hybridized carbons (Fsp3) is 0.0169. The van der Waals surface area contributed by atoms with Crippen LogP contribution in [0.2, 0.25) is 0 Å². The molecule has 1 aromatic heterocycles. The minimum atomic E-state index is -0.445. The summed E-state index contributed by atoms with van der Waals surface area (Å²) in [5, 5.41) is 4.98. The highest BCUT2D eigenvalue weighted by atomic mass is 15.1. The summed E-state index contributed by atoms with van der Waals surface area (Å²) < 4.78 is 2.37. The molecule has 0 saturated heterocycles. The minimum absolute atomic E-state index is 0.445. The molecule has 0 radical (unpaired) electrons. The lowest BCUT2D eigenvalue weighted by molar-refractivity contribution is 0.768. The van der Waals surface area contributed by atoms with Gasteiger partial charge in [-0.3, -0.25) is 0 Å². The summed E-state index contributed by atoms with van der Waals surface area (Å²) in [7, 11) is 0. The highest BCUT2D eigenvalue weighted by Gasteiger charge is 2.45. The standard InChI is InChI=1S/C59H40N2/c1-2-16-45(17-3-1)59(55-22-10-6-18-51(55)52-19-7-11-23-56(52)59)46-31-38-48(39-32-46)60(50-37-30-41-14-4-5-15-44(41)40-50)47-33-26-42(27-34-47)43-28-35-49(36-29-43)61-57-24-12-8-20-53(57)54-21-9-13-25-58(54)61/h1-40H. The van der Waals surface area contributed by atoms with Crippen LogP contribution in [0.4, 0.5) is 17.1 Å². The molecule has 286 valence electrons. The van der Waals surface area contributed by atoms with E-state index >= 15 is 0 Å². The second-order valence-corrected chi connectivity index (χ2v) is 16.1. The van der Waals surface area contributed by atoms with E-state index in [1.165, 1.54) is 77.1 Å².